The smallest absolute Gasteiger partial charge is 0.229 e. The molecular formula is C22H27N5OS. The normalized spacial score (nSPS) is 17.7. The predicted molar refractivity (Wildman–Crippen MR) is 118 cm³/mol. The highest BCUT2D eigenvalue weighted by atomic mass is 32.1. The molecule has 7 heteroatoms. The van der Waals surface area contributed by atoms with E-state index in [0.29, 0.717) is 11.7 Å². The van der Waals surface area contributed by atoms with Crippen LogP contribution < -0.4 is 5.32 Å². The number of benzene rings is 1. The molecule has 0 aliphatic carbocycles. The number of anilines is 1. The molecule has 0 bridgehead atoms. The monoisotopic (exact) mass is 409 g/mol. The maximum atomic E-state index is 12.8. The number of amides is 1. The second-order valence-electron chi connectivity index (χ2n) is 8.24. The Morgan fingerprint density at radius 2 is 2.14 bits per heavy atom. The Hall–Kier alpha value is -2.38. The summed E-state index contributed by atoms with van der Waals surface area (Å²) in [6.45, 7) is 9.36. The Morgan fingerprint density at radius 1 is 1.28 bits per heavy atom. The van der Waals surface area contributed by atoms with E-state index in [9.17, 15) is 4.79 Å². The van der Waals surface area contributed by atoms with Gasteiger partial charge in [0, 0.05) is 30.2 Å². The molecule has 1 N–H and O–H groups in total. The zero-order valence-corrected chi connectivity index (χ0v) is 18.0. The van der Waals surface area contributed by atoms with Crippen LogP contribution >= 0.6 is 11.3 Å². The van der Waals surface area contributed by atoms with Crippen LogP contribution in [0.1, 0.15) is 31.7 Å². The molecule has 3 heterocycles. The van der Waals surface area contributed by atoms with E-state index in [1.165, 1.54) is 0 Å². The van der Waals surface area contributed by atoms with E-state index in [2.05, 4.69) is 45.3 Å². The van der Waals surface area contributed by atoms with Crippen molar-refractivity contribution < 1.29 is 4.79 Å². The van der Waals surface area contributed by atoms with Crippen LogP contribution in [-0.2, 0) is 4.79 Å². The molecule has 29 heavy (non-hydrogen) atoms. The Balaban J connectivity index is 1.49. The highest BCUT2D eigenvalue weighted by Crippen LogP contribution is 2.28. The fourth-order valence-electron chi connectivity index (χ4n) is 3.94. The molecule has 1 atom stereocenters. The standard InChI is InChI=1S/C22H27N5OS/c1-14(2)12-27-8-4-5-18(13-27)21(28)24-20-10-19-9-16(6-7-17(19)11-23-20)22-26-25-15(3)29-22/h6-7,9-11,14,18H,4-5,8,12-13H2,1-3H3,(H,23,24,28)/t18-/m1/s1. The van der Waals surface area contributed by atoms with Crippen molar-refractivity contribution in [2.75, 3.05) is 25.0 Å². The molecule has 6 nitrogen and oxygen atoms in total. The Morgan fingerprint density at radius 3 is 2.90 bits per heavy atom. The minimum Gasteiger partial charge on any atom is -0.310 e. The van der Waals surface area contributed by atoms with Gasteiger partial charge in [-0.25, -0.2) is 4.98 Å². The van der Waals surface area contributed by atoms with E-state index in [1.54, 1.807) is 11.3 Å². The topological polar surface area (TPSA) is 71.0 Å². The number of pyridine rings is 1. The molecular weight excluding hydrogens is 382 g/mol. The quantitative estimate of drug-likeness (QED) is 0.678. The number of fused-ring (bicyclic) bond motifs is 1. The van der Waals surface area contributed by atoms with Gasteiger partial charge in [0.15, 0.2) is 0 Å². The summed E-state index contributed by atoms with van der Waals surface area (Å²) in [5.74, 6) is 1.32. The van der Waals surface area contributed by atoms with Gasteiger partial charge in [-0.05, 0) is 49.7 Å². The number of aromatic nitrogens is 3. The number of carbonyl (C=O) groups excluding carboxylic acids is 1. The molecule has 1 saturated heterocycles. The lowest BCUT2D eigenvalue weighted by molar-refractivity contribution is -0.121. The molecule has 0 spiro atoms. The first-order valence-corrected chi connectivity index (χ1v) is 11.0. The molecule has 0 unspecified atom stereocenters. The number of rotatable bonds is 5. The second-order valence-corrected chi connectivity index (χ2v) is 9.42. The van der Waals surface area contributed by atoms with Crippen molar-refractivity contribution in [3.63, 3.8) is 0 Å². The zero-order chi connectivity index (χ0) is 20.4. The number of aryl methyl sites for hydroxylation is 1. The molecule has 2 aromatic heterocycles. The van der Waals surface area contributed by atoms with Crippen molar-refractivity contribution in [1.82, 2.24) is 20.1 Å². The van der Waals surface area contributed by atoms with E-state index in [-0.39, 0.29) is 11.8 Å². The molecule has 1 aromatic carbocycles. The summed E-state index contributed by atoms with van der Waals surface area (Å²) in [6, 6.07) is 8.09. The molecule has 152 valence electrons. The average molecular weight is 410 g/mol. The summed E-state index contributed by atoms with van der Waals surface area (Å²) < 4.78 is 0. The van der Waals surface area contributed by atoms with Crippen molar-refractivity contribution in [2.45, 2.75) is 33.6 Å². The maximum Gasteiger partial charge on any atom is 0.229 e. The van der Waals surface area contributed by atoms with Crippen molar-refractivity contribution in [1.29, 1.82) is 0 Å². The van der Waals surface area contributed by atoms with Gasteiger partial charge in [-0.15, -0.1) is 10.2 Å². The van der Waals surface area contributed by atoms with Crippen LogP contribution in [-0.4, -0.2) is 45.6 Å². The predicted octanol–water partition coefficient (Wildman–Crippen LogP) is 4.37. The fraction of sp³-hybridized carbons (Fsp3) is 0.455. The average Bonchev–Trinajstić information content (AvgIpc) is 3.13. The van der Waals surface area contributed by atoms with Gasteiger partial charge >= 0.3 is 0 Å². The molecule has 3 aromatic rings. The number of carbonyl (C=O) groups is 1. The van der Waals surface area contributed by atoms with Gasteiger partial charge in [-0.3, -0.25) is 4.79 Å². The molecule has 0 radical (unpaired) electrons. The molecule has 1 amide bonds. The summed E-state index contributed by atoms with van der Waals surface area (Å²) >= 11 is 1.58. The van der Waals surface area contributed by atoms with Gasteiger partial charge in [-0.2, -0.15) is 0 Å². The van der Waals surface area contributed by atoms with Crippen LogP contribution in [0.3, 0.4) is 0 Å². The second kappa shape index (κ2) is 8.55. The number of hydrogen-bond donors (Lipinski definition) is 1. The molecule has 1 fully saturated rings. The van der Waals surface area contributed by atoms with Crippen LogP contribution in [0.15, 0.2) is 30.5 Å². The van der Waals surface area contributed by atoms with E-state index in [0.717, 1.165) is 58.8 Å². The Kier molecular flexibility index (Phi) is 5.87. The van der Waals surface area contributed by atoms with Crippen molar-refractivity contribution >= 4 is 33.8 Å². The summed E-state index contributed by atoms with van der Waals surface area (Å²) in [7, 11) is 0. The van der Waals surface area contributed by atoms with Gasteiger partial charge in [0.05, 0.1) is 5.92 Å². The molecule has 0 saturated carbocycles. The van der Waals surface area contributed by atoms with Crippen LogP contribution in [0.25, 0.3) is 21.3 Å². The van der Waals surface area contributed by atoms with Gasteiger partial charge in [0.2, 0.25) is 5.91 Å². The van der Waals surface area contributed by atoms with Crippen LogP contribution in [0.4, 0.5) is 5.82 Å². The van der Waals surface area contributed by atoms with Gasteiger partial charge in [-0.1, -0.05) is 37.3 Å². The van der Waals surface area contributed by atoms with Gasteiger partial charge < -0.3 is 10.2 Å². The minimum atomic E-state index is 0.0238. The number of piperidine rings is 1. The van der Waals surface area contributed by atoms with Gasteiger partial charge in [0.25, 0.3) is 0 Å². The van der Waals surface area contributed by atoms with Crippen LogP contribution in [0, 0.1) is 18.8 Å². The Bertz CT molecular complexity index is 1020. The third kappa shape index (κ3) is 4.79. The zero-order valence-electron chi connectivity index (χ0n) is 17.2. The third-order valence-corrected chi connectivity index (χ3v) is 6.13. The summed E-state index contributed by atoms with van der Waals surface area (Å²) in [6.07, 6.45) is 3.82. The fourth-order valence-corrected chi connectivity index (χ4v) is 4.62. The summed E-state index contributed by atoms with van der Waals surface area (Å²) in [5.41, 5.74) is 1.03. The lowest BCUT2D eigenvalue weighted by Gasteiger charge is -2.32. The van der Waals surface area contributed by atoms with E-state index >= 15 is 0 Å². The van der Waals surface area contributed by atoms with Crippen molar-refractivity contribution in [3.8, 4) is 10.6 Å². The van der Waals surface area contributed by atoms with E-state index in [1.807, 2.05) is 31.3 Å². The molecule has 1 aliphatic heterocycles. The van der Waals surface area contributed by atoms with Crippen LogP contribution in [0.5, 0.6) is 0 Å². The van der Waals surface area contributed by atoms with Crippen molar-refractivity contribution in [2.24, 2.45) is 11.8 Å². The third-order valence-electron chi connectivity index (χ3n) is 5.25. The SMILES string of the molecule is Cc1nnc(-c2ccc3cnc(NC(=O)[C@@H]4CCCN(CC(C)C)C4)cc3c2)s1. The van der Waals surface area contributed by atoms with E-state index in [4.69, 9.17) is 0 Å². The first kappa shape index (κ1) is 19.9. The molecule has 1 aliphatic rings. The first-order valence-electron chi connectivity index (χ1n) is 10.2. The number of hydrogen-bond acceptors (Lipinski definition) is 6. The summed E-state index contributed by atoms with van der Waals surface area (Å²) in [5, 5.41) is 15.3. The van der Waals surface area contributed by atoms with Crippen molar-refractivity contribution in [3.05, 3.63) is 35.5 Å². The van der Waals surface area contributed by atoms with Crippen LogP contribution in [0.2, 0.25) is 0 Å². The Labute approximate surface area is 175 Å². The van der Waals surface area contributed by atoms with E-state index < -0.39 is 0 Å². The first-order chi connectivity index (χ1) is 14.0. The van der Waals surface area contributed by atoms with Gasteiger partial charge in [0.1, 0.15) is 15.8 Å². The highest BCUT2D eigenvalue weighted by molar-refractivity contribution is 7.14. The highest BCUT2D eigenvalue weighted by Gasteiger charge is 2.26. The largest absolute Gasteiger partial charge is 0.310 e. The number of nitrogens with one attached hydrogen (secondary N) is 1. The lowest BCUT2D eigenvalue weighted by atomic mass is 9.96. The molecule has 4 rings (SSSR count). The number of nitrogens with zero attached hydrogens (tertiary/aromatic N) is 4. The minimum absolute atomic E-state index is 0.0238. The maximum absolute atomic E-state index is 12.8. The number of likely N-dealkylation sites (tertiary alicyclic amines) is 1. The summed E-state index contributed by atoms with van der Waals surface area (Å²) in [4.78, 5) is 19.7. The lowest BCUT2D eigenvalue weighted by Crippen LogP contribution is -2.42.